The van der Waals surface area contributed by atoms with Crippen molar-refractivity contribution in [1.29, 1.82) is 0 Å². The Balaban J connectivity index is 3.71. The second-order valence-electron chi connectivity index (χ2n) is 2.71. The summed E-state index contributed by atoms with van der Waals surface area (Å²) in [6.45, 7) is 5.56. The molecule has 0 heterocycles. The lowest BCUT2D eigenvalue weighted by molar-refractivity contribution is -0.119. The Morgan fingerprint density at radius 2 is 2.10 bits per heavy atom. The lowest BCUT2D eigenvalue weighted by Gasteiger charge is -2.18. The first-order valence-electron chi connectivity index (χ1n) is 3.41. The molecule has 0 fully saturated rings. The molecule has 3 heteroatoms. The second-order valence-corrected chi connectivity index (χ2v) is 3.01. The van der Waals surface area contributed by atoms with Gasteiger partial charge in [-0.3, -0.25) is 4.79 Å². The Morgan fingerprint density at radius 1 is 1.60 bits per heavy atom. The number of amides is 1. The summed E-state index contributed by atoms with van der Waals surface area (Å²) in [5, 5.41) is 2.76. The number of hydrogen-bond acceptors (Lipinski definition) is 1. The van der Waals surface area contributed by atoms with Crippen LogP contribution in [0.15, 0.2) is 0 Å². The highest BCUT2D eigenvalue weighted by Gasteiger charge is 2.11. The average Bonchev–Trinajstić information content (AvgIpc) is 1.81. The molecule has 0 saturated heterocycles. The summed E-state index contributed by atoms with van der Waals surface area (Å²) >= 11 is 5.59. The first kappa shape index (κ1) is 9.76. The van der Waals surface area contributed by atoms with Gasteiger partial charge in [0.2, 0.25) is 5.91 Å². The fourth-order valence-corrected chi connectivity index (χ4v) is 1.08. The summed E-state index contributed by atoms with van der Waals surface area (Å²) in [7, 11) is 0. The van der Waals surface area contributed by atoms with Gasteiger partial charge >= 0.3 is 0 Å². The Bertz CT molecular complexity index is 114. The minimum absolute atomic E-state index is 0.0145. The van der Waals surface area contributed by atoms with Crippen LogP contribution in [0.4, 0.5) is 0 Å². The number of hydrogen-bond donors (Lipinski definition) is 1. The molecular formula is C7H14ClNO. The molecule has 0 aliphatic heterocycles. The van der Waals surface area contributed by atoms with Crippen LogP contribution in [-0.2, 0) is 4.79 Å². The van der Waals surface area contributed by atoms with E-state index in [1.807, 2.05) is 13.8 Å². The van der Waals surface area contributed by atoms with Crippen molar-refractivity contribution in [2.24, 2.45) is 5.92 Å². The highest BCUT2D eigenvalue weighted by atomic mass is 35.5. The van der Waals surface area contributed by atoms with Crippen LogP contribution in [0, 0.1) is 5.92 Å². The molecule has 0 saturated carbocycles. The van der Waals surface area contributed by atoms with Gasteiger partial charge in [0.25, 0.3) is 0 Å². The number of rotatable bonds is 3. The summed E-state index contributed by atoms with van der Waals surface area (Å²) in [5.41, 5.74) is 0. The van der Waals surface area contributed by atoms with Crippen LogP contribution in [0.5, 0.6) is 0 Å². The van der Waals surface area contributed by atoms with Crippen LogP contribution in [0.25, 0.3) is 0 Å². The van der Waals surface area contributed by atoms with Crippen LogP contribution in [-0.4, -0.2) is 17.8 Å². The van der Waals surface area contributed by atoms with Crippen LogP contribution in [0.1, 0.15) is 20.8 Å². The van der Waals surface area contributed by atoms with Gasteiger partial charge in [-0.15, -0.1) is 11.6 Å². The predicted octanol–water partition coefficient (Wildman–Crippen LogP) is 1.39. The fourth-order valence-electron chi connectivity index (χ4n) is 0.644. The number of halogens is 1. The van der Waals surface area contributed by atoms with E-state index in [9.17, 15) is 4.79 Å². The third-order valence-electron chi connectivity index (χ3n) is 1.36. The molecule has 1 N–H and O–H groups in total. The maximum atomic E-state index is 10.5. The van der Waals surface area contributed by atoms with Gasteiger partial charge < -0.3 is 5.32 Å². The Kier molecular flexibility index (Phi) is 4.45. The summed E-state index contributed by atoms with van der Waals surface area (Å²) in [5.74, 6) is 0.873. The van der Waals surface area contributed by atoms with E-state index in [1.54, 1.807) is 0 Å². The van der Waals surface area contributed by atoms with Crippen LogP contribution in [0.2, 0.25) is 0 Å². The van der Waals surface area contributed by atoms with Gasteiger partial charge in [0.05, 0.1) is 0 Å². The number of alkyl halides is 1. The largest absolute Gasteiger partial charge is 0.352 e. The molecule has 1 amide bonds. The quantitative estimate of drug-likeness (QED) is 0.626. The van der Waals surface area contributed by atoms with Gasteiger partial charge in [-0.2, -0.15) is 0 Å². The topological polar surface area (TPSA) is 29.1 Å². The van der Waals surface area contributed by atoms with E-state index in [0.29, 0.717) is 11.8 Å². The molecule has 0 aromatic rings. The minimum Gasteiger partial charge on any atom is -0.352 e. The lowest BCUT2D eigenvalue weighted by atomic mass is 10.1. The number of carbonyl (C=O) groups is 1. The molecule has 10 heavy (non-hydrogen) atoms. The minimum atomic E-state index is -0.0145. The van der Waals surface area contributed by atoms with Gasteiger partial charge in [-0.05, 0) is 5.92 Å². The van der Waals surface area contributed by atoms with Crippen molar-refractivity contribution in [3.63, 3.8) is 0 Å². The highest BCUT2D eigenvalue weighted by molar-refractivity contribution is 6.18. The summed E-state index contributed by atoms with van der Waals surface area (Å²) in [6, 6.07) is 0.110. The molecule has 0 rings (SSSR count). The van der Waals surface area contributed by atoms with Crippen molar-refractivity contribution in [2.75, 3.05) is 5.88 Å². The highest BCUT2D eigenvalue weighted by Crippen LogP contribution is 2.02. The molecule has 1 atom stereocenters. The van der Waals surface area contributed by atoms with Gasteiger partial charge in [0, 0.05) is 18.8 Å². The van der Waals surface area contributed by atoms with E-state index in [1.165, 1.54) is 6.92 Å². The average molecular weight is 164 g/mol. The molecule has 0 aliphatic rings. The number of nitrogens with one attached hydrogen (secondary N) is 1. The first-order chi connectivity index (χ1) is 4.57. The van der Waals surface area contributed by atoms with Crippen molar-refractivity contribution in [2.45, 2.75) is 26.8 Å². The molecule has 0 radical (unpaired) electrons. The molecule has 0 spiro atoms. The maximum Gasteiger partial charge on any atom is 0.217 e. The second kappa shape index (κ2) is 4.56. The van der Waals surface area contributed by atoms with Gasteiger partial charge in [0.1, 0.15) is 0 Å². The standard InChI is InChI=1S/C7H14ClNO/c1-5(2)7(4-8)9-6(3)10/h5,7H,4H2,1-3H3,(H,9,10). The third kappa shape index (κ3) is 3.72. The smallest absolute Gasteiger partial charge is 0.217 e. The normalized spacial score (nSPS) is 13.3. The summed E-state index contributed by atoms with van der Waals surface area (Å²) < 4.78 is 0. The number of carbonyl (C=O) groups excluding carboxylic acids is 1. The van der Waals surface area contributed by atoms with Crippen molar-refractivity contribution < 1.29 is 4.79 Å². The molecule has 0 aromatic carbocycles. The van der Waals surface area contributed by atoms with Gasteiger partial charge in [-0.1, -0.05) is 13.8 Å². The monoisotopic (exact) mass is 163 g/mol. The molecule has 1 unspecified atom stereocenters. The van der Waals surface area contributed by atoms with Crippen molar-refractivity contribution >= 4 is 17.5 Å². The zero-order chi connectivity index (χ0) is 8.15. The van der Waals surface area contributed by atoms with Gasteiger partial charge in [0.15, 0.2) is 0 Å². The molecule has 0 bridgehead atoms. The zero-order valence-electron chi connectivity index (χ0n) is 6.65. The van der Waals surface area contributed by atoms with E-state index in [4.69, 9.17) is 11.6 Å². The van der Waals surface area contributed by atoms with Crippen molar-refractivity contribution in [3.8, 4) is 0 Å². The Morgan fingerprint density at radius 3 is 2.20 bits per heavy atom. The van der Waals surface area contributed by atoms with E-state index in [-0.39, 0.29) is 11.9 Å². The van der Waals surface area contributed by atoms with E-state index in [0.717, 1.165) is 0 Å². The van der Waals surface area contributed by atoms with E-state index < -0.39 is 0 Å². The third-order valence-corrected chi connectivity index (χ3v) is 1.69. The molecule has 2 nitrogen and oxygen atoms in total. The fraction of sp³-hybridized carbons (Fsp3) is 0.857. The summed E-state index contributed by atoms with van der Waals surface area (Å²) in [4.78, 5) is 10.5. The zero-order valence-corrected chi connectivity index (χ0v) is 7.40. The first-order valence-corrected chi connectivity index (χ1v) is 3.94. The molecule has 0 aromatic heterocycles. The SMILES string of the molecule is CC(=O)NC(CCl)C(C)C. The molecule has 0 aliphatic carbocycles. The van der Waals surface area contributed by atoms with Gasteiger partial charge in [-0.25, -0.2) is 0 Å². The van der Waals surface area contributed by atoms with Crippen LogP contribution in [0.3, 0.4) is 0 Å². The Labute approximate surface area is 66.9 Å². The Hall–Kier alpha value is -0.240. The lowest BCUT2D eigenvalue weighted by Crippen LogP contribution is -2.38. The summed E-state index contributed by atoms with van der Waals surface area (Å²) in [6.07, 6.45) is 0. The van der Waals surface area contributed by atoms with Crippen LogP contribution < -0.4 is 5.32 Å². The maximum absolute atomic E-state index is 10.5. The molecular weight excluding hydrogens is 150 g/mol. The van der Waals surface area contributed by atoms with Crippen molar-refractivity contribution in [1.82, 2.24) is 5.32 Å². The predicted molar refractivity (Wildman–Crippen MR) is 43.2 cm³/mol. The van der Waals surface area contributed by atoms with E-state index >= 15 is 0 Å². The van der Waals surface area contributed by atoms with E-state index in [2.05, 4.69) is 5.32 Å². The molecule has 60 valence electrons. The van der Waals surface area contributed by atoms with Crippen molar-refractivity contribution in [3.05, 3.63) is 0 Å². The van der Waals surface area contributed by atoms with Crippen LogP contribution >= 0.6 is 11.6 Å².